The fourth-order valence-corrected chi connectivity index (χ4v) is 2.54. The highest BCUT2D eigenvalue weighted by molar-refractivity contribution is 5.81. The molecule has 25 heavy (non-hydrogen) atoms. The standard InChI is InChI=1S/C21H20N2O2/c1-16(25-18-12-6-3-7-13-18)21(24)23-20(17-10-4-2-5-11-17)19-14-8-9-15-22-19/h2-16,20H,1H3,(H,23,24). The highest BCUT2D eigenvalue weighted by Gasteiger charge is 2.22. The van der Waals surface area contributed by atoms with Crippen molar-refractivity contribution < 1.29 is 9.53 Å². The van der Waals surface area contributed by atoms with Crippen LogP contribution in [0.25, 0.3) is 0 Å². The molecule has 0 bridgehead atoms. The molecule has 126 valence electrons. The summed E-state index contributed by atoms with van der Waals surface area (Å²) in [5, 5.41) is 3.04. The average molecular weight is 332 g/mol. The van der Waals surface area contributed by atoms with Gasteiger partial charge in [0.2, 0.25) is 0 Å². The number of rotatable bonds is 6. The molecule has 4 nitrogen and oxygen atoms in total. The van der Waals surface area contributed by atoms with E-state index >= 15 is 0 Å². The smallest absolute Gasteiger partial charge is 0.261 e. The maximum absolute atomic E-state index is 12.6. The van der Waals surface area contributed by atoms with E-state index in [1.54, 1.807) is 13.1 Å². The number of hydrogen-bond acceptors (Lipinski definition) is 3. The summed E-state index contributed by atoms with van der Waals surface area (Å²) in [5.41, 5.74) is 1.76. The molecular formula is C21H20N2O2. The Kier molecular flexibility index (Phi) is 5.42. The molecule has 0 radical (unpaired) electrons. The maximum Gasteiger partial charge on any atom is 0.261 e. The van der Waals surface area contributed by atoms with E-state index in [0.29, 0.717) is 5.75 Å². The van der Waals surface area contributed by atoms with Crippen LogP contribution in [0.3, 0.4) is 0 Å². The van der Waals surface area contributed by atoms with E-state index in [1.165, 1.54) is 0 Å². The lowest BCUT2D eigenvalue weighted by molar-refractivity contribution is -0.127. The van der Waals surface area contributed by atoms with Crippen molar-refractivity contribution in [3.63, 3.8) is 0 Å². The molecule has 2 unspecified atom stereocenters. The number of benzene rings is 2. The van der Waals surface area contributed by atoms with Crippen LogP contribution in [0.4, 0.5) is 0 Å². The van der Waals surface area contributed by atoms with Crippen molar-refractivity contribution in [3.8, 4) is 5.75 Å². The molecule has 0 fully saturated rings. The third kappa shape index (κ3) is 4.44. The van der Waals surface area contributed by atoms with Gasteiger partial charge in [-0.3, -0.25) is 9.78 Å². The van der Waals surface area contributed by atoms with Gasteiger partial charge in [-0.15, -0.1) is 0 Å². The van der Waals surface area contributed by atoms with Crippen molar-refractivity contribution in [2.24, 2.45) is 0 Å². The lowest BCUT2D eigenvalue weighted by atomic mass is 10.0. The largest absolute Gasteiger partial charge is 0.481 e. The summed E-state index contributed by atoms with van der Waals surface area (Å²) < 4.78 is 5.72. The Bertz CT molecular complexity index is 752. The first-order valence-corrected chi connectivity index (χ1v) is 8.22. The number of nitrogens with zero attached hydrogens (tertiary/aromatic N) is 1. The minimum absolute atomic E-state index is 0.191. The van der Waals surface area contributed by atoms with E-state index in [9.17, 15) is 4.79 Å². The summed E-state index contributed by atoms with van der Waals surface area (Å²) in [6, 6.07) is 24.5. The Balaban J connectivity index is 1.77. The van der Waals surface area contributed by atoms with E-state index in [4.69, 9.17) is 4.74 Å². The first kappa shape index (κ1) is 16.7. The molecule has 0 aliphatic rings. The molecule has 0 spiro atoms. The second-order valence-electron chi connectivity index (χ2n) is 5.68. The third-order valence-electron chi connectivity index (χ3n) is 3.83. The average Bonchev–Trinajstić information content (AvgIpc) is 2.68. The quantitative estimate of drug-likeness (QED) is 0.748. The van der Waals surface area contributed by atoms with Gasteiger partial charge < -0.3 is 10.1 Å². The Morgan fingerprint density at radius 3 is 2.20 bits per heavy atom. The Hall–Kier alpha value is -3.14. The van der Waals surface area contributed by atoms with Crippen LogP contribution >= 0.6 is 0 Å². The number of amides is 1. The zero-order valence-electron chi connectivity index (χ0n) is 14.0. The van der Waals surface area contributed by atoms with Gasteiger partial charge in [-0.05, 0) is 36.8 Å². The number of carbonyl (C=O) groups is 1. The molecular weight excluding hydrogens is 312 g/mol. The Labute approximate surface area is 147 Å². The van der Waals surface area contributed by atoms with Gasteiger partial charge in [-0.1, -0.05) is 54.6 Å². The van der Waals surface area contributed by atoms with Crippen molar-refractivity contribution in [1.29, 1.82) is 0 Å². The Morgan fingerprint density at radius 1 is 0.920 bits per heavy atom. The zero-order valence-corrected chi connectivity index (χ0v) is 14.0. The number of para-hydroxylation sites is 1. The second kappa shape index (κ2) is 8.11. The van der Waals surface area contributed by atoms with Crippen molar-refractivity contribution in [1.82, 2.24) is 10.3 Å². The van der Waals surface area contributed by atoms with E-state index in [0.717, 1.165) is 11.3 Å². The van der Waals surface area contributed by atoms with Gasteiger partial charge in [0, 0.05) is 6.20 Å². The van der Waals surface area contributed by atoms with Crippen molar-refractivity contribution in [2.75, 3.05) is 0 Å². The second-order valence-corrected chi connectivity index (χ2v) is 5.68. The molecule has 1 aromatic heterocycles. The zero-order chi connectivity index (χ0) is 17.5. The third-order valence-corrected chi connectivity index (χ3v) is 3.83. The minimum Gasteiger partial charge on any atom is -0.481 e. The fraction of sp³-hybridized carbons (Fsp3) is 0.143. The van der Waals surface area contributed by atoms with E-state index in [1.807, 2.05) is 78.9 Å². The molecule has 2 aromatic carbocycles. The maximum atomic E-state index is 12.6. The van der Waals surface area contributed by atoms with Crippen LogP contribution < -0.4 is 10.1 Å². The van der Waals surface area contributed by atoms with Crippen LogP contribution in [0.1, 0.15) is 24.2 Å². The van der Waals surface area contributed by atoms with Crippen LogP contribution in [-0.2, 0) is 4.79 Å². The number of nitrogens with one attached hydrogen (secondary N) is 1. The summed E-state index contributed by atoms with van der Waals surface area (Å²) in [5.74, 6) is 0.475. The number of hydrogen-bond donors (Lipinski definition) is 1. The van der Waals surface area contributed by atoms with Crippen LogP contribution in [0.2, 0.25) is 0 Å². The van der Waals surface area contributed by atoms with Crippen LogP contribution in [0, 0.1) is 0 Å². The molecule has 3 aromatic rings. The van der Waals surface area contributed by atoms with Gasteiger partial charge in [0.05, 0.1) is 11.7 Å². The van der Waals surface area contributed by atoms with E-state index < -0.39 is 6.10 Å². The highest BCUT2D eigenvalue weighted by atomic mass is 16.5. The molecule has 1 amide bonds. The number of aromatic nitrogens is 1. The van der Waals surface area contributed by atoms with Crippen molar-refractivity contribution in [2.45, 2.75) is 19.1 Å². The first-order chi connectivity index (χ1) is 12.2. The molecule has 0 aliphatic heterocycles. The Morgan fingerprint density at radius 2 is 1.56 bits per heavy atom. The van der Waals surface area contributed by atoms with Gasteiger partial charge in [0.25, 0.3) is 5.91 Å². The predicted molar refractivity (Wildman–Crippen MR) is 97.2 cm³/mol. The lowest BCUT2D eigenvalue weighted by Gasteiger charge is -2.21. The molecule has 0 saturated carbocycles. The minimum atomic E-state index is -0.614. The normalized spacial score (nSPS) is 12.8. The first-order valence-electron chi connectivity index (χ1n) is 8.22. The number of carbonyl (C=O) groups excluding carboxylic acids is 1. The molecule has 1 heterocycles. The topological polar surface area (TPSA) is 51.2 Å². The number of ether oxygens (including phenoxy) is 1. The molecule has 3 rings (SSSR count). The van der Waals surface area contributed by atoms with Gasteiger partial charge in [-0.2, -0.15) is 0 Å². The monoisotopic (exact) mass is 332 g/mol. The highest BCUT2D eigenvalue weighted by Crippen LogP contribution is 2.20. The van der Waals surface area contributed by atoms with Gasteiger partial charge in [0.1, 0.15) is 5.75 Å². The summed E-state index contributed by atoms with van der Waals surface area (Å²) >= 11 is 0. The summed E-state index contributed by atoms with van der Waals surface area (Å²) in [6.45, 7) is 1.74. The summed E-state index contributed by atoms with van der Waals surface area (Å²) in [6.07, 6.45) is 1.11. The summed E-state index contributed by atoms with van der Waals surface area (Å²) in [4.78, 5) is 17.0. The molecule has 0 saturated heterocycles. The predicted octanol–water partition coefficient (Wildman–Crippen LogP) is 3.75. The summed E-state index contributed by atoms with van der Waals surface area (Å²) in [7, 11) is 0. The van der Waals surface area contributed by atoms with Crippen LogP contribution in [0.15, 0.2) is 85.1 Å². The number of pyridine rings is 1. The van der Waals surface area contributed by atoms with Crippen LogP contribution in [-0.4, -0.2) is 17.0 Å². The fourth-order valence-electron chi connectivity index (χ4n) is 2.54. The van der Waals surface area contributed by atoms with E-state index in [2.05, 4.69) is 10.3 Å². The van der Waals surface area contributed by atoms with Crippen molar-refractivity contribution >= 4 is 5.91 Å². The van der Waals surface area contributed by atoms with Gasteiger partial charge >= 0.3 is 0 Å². The van der Waals surface area contributed by atoms with Crippen LogP contribution in [0.5, 0.6) is 5.75 Å². The SMILES string of the molecule is CC(Oc1ccccc1)C(=O)NC(c1ccccc1)c1ccccn1. The van der Waals surface area contributed by atoms with Crippen molar-refractivity contribution in [3.05, 3.63) is 96.3 Å². The van der Waals surface area contributed by atoms with Gasteiger partial charge in [0.15, 0.2) is 6.10 Å². The molecule has 2 atom stereocenters. The molecule has 4 heteroatoms. The van der Waals surface area contributed by atoms with Gasteiger partial charge in [-0.25, -0.2) is 0 Å². The van der Waals surface area contributed by atoms with E-state index in [-0.39, 0.29) is 11.9 Å². The molecule has 0 aliphatic carbocycles. The lowest BCUT2D eigenvalue weighted by Crippen LogP contribution is -2.39. The molecule has 1 N–H and O–H groups in total.